The van der Waals surface area contributed by atoms with Gasteiger partial charge in [-0.1, -0.05) is 86.2 Å². The van der Waals surface area contributed by atoms with E-state index in [4.69, 9.17) is 25.8 Å². The van der Waals surface area contributed by atoms with Crippen molar-refractivity contribution in [3.63, 3.8) is 0 Å². The summed E-state index contributed by atoms with van der Waals surface area (Å²) in [5, 5.41) is -0.0978. The molecule has 2 N–H and O–H groups in total. The second-order valence-corrected chi connectivity index (χ2v) is 14.8. The number of methoxy groups -OCH3 is 1. The number of nitrogens with one attached hydrogen (secondary N) is 2. The van der Waals surface area contributed by atoms with Crippen LogP contribution in [0.5, 0.6) is 0 Å². The van der Waals surface area contributed by atoms with E-state index < -0.39 is 25.9 Å². The highest BCUT2D eigenvalue weighted by atomic mass is 35.5. The van der Waals surface area contributed by atoms with Crippen molar-refractivity contribution in [2.75, 3.05) is 26.8 Å². The lowest BCUT2D eigenvalue weighted by Gasteiger charge is -2.33. The van der Waals surface area contributed by atoms with E-state index in [0.29, 0.717) is 37.1 Å². The highest BCUT2D eigenvalue weighted by molar-refractivity contribution is 7.99. The van der Waals surface area contributed by atoms with E-state index in [0.717, 1.165) is 48.8 Å². The van der Waals surface area contributed by atoms with E-state index in [1.54, 1.807) is 29.2 Å². The van der Waals surface area contributed by atoms with Crippen LogP contribution >= 0.6 is 23.5 Å². The Hall–Kier alpha value is -3.06. The molecule has 1 unspecified atom stereocenters. The third kappa shape index (κ3) is 11.4. The van der Waals surface area contributed by atoms with Gasteiger partial charge in [0.05, 0.1) is 20.3 Å². The summed E-state index contributed by atoms with van der Waals surface area (Å²) in [5.41, 5.74) is 1.22. The summed E-state index contributed by atoms with van der Waals surface area (Å²) in [7, 11) is -0.974. The number of halogens is 1. The maximum absolute atomic E-state index is 13.6. The van der Waals surface area contributed by atoms with Crippen LogP contribution in [-0.2, 0) is 30.4 Å². The van der Waals surface area contributed by atoms with Gasteiger partial charge >= 0.3 is 15.1 Å². The summed E-state index contributed by atoms with van der Waals surface area (Å²) in [6.07, 6.45) is 5.16. The van der Waals surface area contributed by atoms with Crippen LogP contribution in [0.1, 0.15) is 62.2 Å². The van der Waals surface area contributed by atoms with Gasteiger partial charge in [0.15, 0.2) is 0 Å². The van der Waals surface area contributed by atoms with E-state index >= 15 is 0 Å². The van der Waals surface area contributed by atoms with Gasteiger partial charge in [0.25, 0.3) is 5.59 Å². The van der Waals surface area contributed by atoms with Crippen LogP contribution in [0.15, 0.2) is 54.6 Å². The van der Waals surface area contributed by atoms with E-state index in [2.05, 4.69) is 9.70 Å². The van der Waals surface area contributed by atoms with Crippen molar-refractivity contribution >= 4 is 56.0 Å². The van der Waals surface area contributed by atoms with Crippen molar-refractivity contribution in [3.8, 4) is 0 Å². The van der Waals surface area contributed by atoms with Gasteiger partial charge in [0, 0.05) is 18.0 Å². The standard InChI is InChI=1S/C32H41ClN3O7SSi/c1-41-32(40)45(18-15-29(37)36-16-17-42-27(21-36)25-12-6-3-7-13-25)35-30(38)28(20-23-9-4-2-5-10-23)44-34-31(39)43-22-24-11-8-14-26(33)19-24/h3,6-8,11-14,19,23,27-28H,2,4-5,9-10,15-18,20-22H2,1H3,(H,34,39)(H,35,38)/t27?,28-/m0/s1. The van der Waals surface area contributed by atoms with Crippen molar-refractivity contribution in [1.29, 1.82) is 0 Å². The van der Waals surface area contributed by atoms with Crippen LogP contribution in [-0.4, -0.2) is 69.4 Å². The van der Waals surface area contributed by atoms with Crippen molar-refractivity contribution in [2.45, 2.75) is 69.0 Å². The fourth-order valence-electron chi connectivity index (χ4n) is 5.56. The number of benzene rings is 2. The lowest BCUT2D eigenvalue weighted by Crippen LogP contribution is -2.50. The molecule has 13 heteroatoms. The Balaban J connectivity index is 1.33. The number of carbonyl (C=O) groups is 4. The van der Waals surface area contributed by atoms with Gasteiger partial charge in [-0.15, -0.1) is 0 Å². The molecule has 1 aliphatic carbocycles. The zero-order valence-electron chi connectivity index (χ0n) is 25.5. The normalized spacial score (nSPS) is 17.8. The topological polar surface area (TPSA) is 123 Å². The largest absolute Gasteiger partial charge is 0.472 e. The first kappa shape index (κ1) is 34.8. The monoisotopic (exact) mass is 674 g/mol. The average molecular weight is 675 g/mol. The smallest absolute Gasteiger partial charge is 0.417 e. The Bertz CT molecular complexity index is 1280. The Morgan fingerprint density at radius 1 is 1.09 bits per heavy atom. The van der Waals surface area contributed by atoms with E-state index in [-0.39, 0.29) is 37.0 Å². The fraction of sp³-hybridized carbons (Fsp3) is 0.500. The lowest BCUT2D eigenvalue weighted by molar-refractivity contribution is -0.138. The number of nitrogens with zero attached hydrogens (tertiary/aromatic N) is 1. The van der Waals surface area contributed by atoms with Gasteiger partial charge in [-0.05, 0) is 53.6 Å². The Labute approximate surface area is 275 Å². The first-order chi connectivity index (χ1) is 21.8. The predicted molar refractivity (Wildman–Crippen MR) is 175 cm³/mol. The molecule has 3 amide bonds. The Kier molecular flexibility index (Phi) is 14.1. The minimum absolute atomic E-state index is 0.0329. The maximum atomic E-state index is 13.6. The molecule has 1 saturated carbocycles. The fourth-order valence-corrected chi connectivity index (χ4v) is 8.32. The van der Waals surface area contributed by atoms with Crippen molar-refractivity contribution < 1.29 is 33.4 Å². The number of ether oxygens (including phenoxy) is 3. The van der Waals surface area contributed by atoms with Gasteiger partial charge in [-0.2, -0.15) is 0 Å². The third-order valence-corrected chi connectivity index (χ3v) is 11.2. The molecule has 243 valence electrons. The minimum atomic E-state index is -2.25. The first-order valence-corrected chi connectivity index (χ1v) is 18.3. The van der Waals surface area contributed by atoms with Gasteiger partial charge in [-0.25, -0.2) is 4.79 Å². The number of hydrogen-bond acceptors (Lipinski definition) is 8. The number of hydrogen-bond donors (Lipinski definition) is 2. The summed E-state index contributed by atoms with van der Waals surface area (Å²) in [6.45, 7) is 1.35. The average Bonchev–Trinajstić information content (AvgIpc) is 3.07. The number of carbonyl (C=O) groups excluding carboxylic acids is 4. The molecule has 2 fully saturated rings. The quantitative estimate of drug-likeness (QED) is 0.196. The molecular weight excluding hydrogens is 634 g/mol. The molecule has 2 aromatic carbocycles. The predicted octanol–water partition coefficient (Wildman–Crippen LogP) is 6.00. The summed E-state index contributed by atoms with van der Waals surface area (Å²) in [4.78, 5) is 56.7. The Morgan fingerprint density at radius 3 is 2.60 bits per heavy atom. The molecule has 45 heavy (non-hydrogen) atoms. The molecule has 0 aromatic heterocycles. The zero-order valence-corrected chi connectivity index (χ0v) is 28.1. The molecule has 2 atom stereocenters. The molecule has 1 aliphatic heterocycles. The van der Waals surface area contributed by atoms with Crippen molar-refractivity contribution in [3.05, 3.63) is 70.7 Å². The molecule has 1 radical (unpaired) electrons. The molecular formula is C32H41ClN3O7SSi. The van der Waals surface area contributed by atoms with Gasteiger partial charge in [0.2, 0.25) is 11.8 Å². The SMILES string of the molecule is COC(=O)[Si](CCC(=O)N1CCOC(c2ccccc2)C1)NC(=O)[C@H](CC1CCCCC1)SNC(=O)OCc1cccc(Cl)c1. The molecule has 2 aliphatic rings. The van der Waals surface area contributed by atoms with Gasteiger partial charge in [0.1, 0.15) is 18.0 Å². The number of rotatable bonds is 13. The molecule has 10 nitrogen and oxygen atoms in total. The van der Waals surface area contributed by atoms with E-state index in [1.807, 2.05) is 30.3 Å². The summed E-state index contributed by atoms with van der Waals surface area (Å²) in [5.74, 6) is -0.124. The van der Waals surface area contributed by atoms with Crippen LogP contribution in [0.3, 0.4) is 0 Å². The van der Waals surface area contributed by atoms with Crippen LogP contribution in [0.4, 0.5) is 9.59 Å². The van der Waals surface area contributed by atoms with Crippen LogP contribution < -0.4 is 9.70 Å². The lowest BCUT2D eigenvalue weighted by atomic mass is 9.86. The van der Waals surface area contributed by atoms with Gasteiger partial charge in [-0.3, -0.25) is 19.1 Å². The minimum Gasteiger partial charge on any atom is -0.472 e. The second-order valence-electron chi connectivity index (χ2n) is 11.2. The molecule has 1 saturated heterocycles. The van der Waals surface area contributed by atoms with Gasteiger partial charge < -0.3 is 24.1 Å². The molecule has 0 spiro atoms. The van der Waals surface area contributed by atoms with Crippen LogP contribution in [0.25, 0.3) is 0 Å². The number of amides is 3. The summed E-state index contributed by atoms with van der Waals surface area (Å²) < 4.78 is 18.9. The zero-order chi connectivity index (χ0) is 32.0. The summed E-state index contributed by atoms with van der Waals surface area (Å²) in [6, 6.07) is 17.0. The molecule has 2 aromatic rings. The van der Waals surface area contributed by atoms with E-state index in [9.17, 15) is 19.2 Å². The van der Waals surface area contributed by atoms with Crippen molar-refractivity contribution in [2.24, 2.45) is 5.92 Å². The maximum Gasteiger partial charge on any atom is 0.417 e. The number of morpholine rings is 1. The van der Waals surface area contributed by atoms with Crippen molar-refractivity contribution in [1.82, 2.24) is 14.6 Å². The first-order valence-electron chi connectivity index (χ1n) is 15.3. The van der Waals surface area contributed by atoms with E-state index in [1.165, 1.54) is 13.5 Å². The Morgan fingerprint density at radius 2 is 1.87 bits per heavy atom. The molecule has 4 rings (SSSR count). The summed E-state index contributed by atoms with van der Waals surface area (Å²) >= 11 is 7.00. The van der Waals surface area contributed by atoms with Crippen LogP contribution in [0, 0.1) is 5.92 Å². The molecule has 0 bridgehead atoms. The molecule has 1 heterocycles. The van der Waals surface area contributed by atoms with Crippen LogP contribution in [0.2, 0.25) is 11.1 Å². The highest BCUT2D eigenvalue weighted by Crippen LogP contribution is 2.30. The second kappa shape index (κ2) is 18.2. The third-order valence-electron chi connectivity index (χ3n) is 7.99. The highest BCUT2D eigenvalue weighted by Gasteiger charge is 2.33.